The average Bonchev–Trinajstić information content (AvgIpc) is 2.87. The molecule has 4 aromatic carbocycles. The van der Waals surface area contributed by atoms with Crippen molar-refractivity contribution in [3.8, 4) is 11.5 Å². The summed E-state index contributed by atoms with van der Waals surface area (Å²) in [6.45, 7) is 0. The van der Waals surface area contributed by atoms with E-state index in [1.54, 1.807) is 0 Å². The first-order valence-electron chi connectivity index (χ1n) is 11.8. The Bertz CT molecular complexity index is 973. The number of hydrogen-bond acceptors (Lipinski definition) is 2. The molecule has 0 N–H and O–H groups in total. The second-order valence-electron chi connectivity index (χ2n) is 8.30. The van der Waals surface area contributed by atoms with Gasteiger partial charge in [0.2, 0.25) is 0 Å². The zero-order chi connectivity index (χ0) is 22.6. The van der Waals surface area contributed by atoms with Crippen molar-refractivity contribution in [2.24, 2.45) is 0 Å². The highest BCUT2D eigenvalue weighted by atomic mass is 16.6. The monoisotopic (exact) mass is 433 g/mol. The maximum absolute atomic E-state index is 5.64. The number of hydrogen-bond donors (Lipinski definition) is 0. The number of benzene rings is 4. The third-order valence-corrected chi connectivity index (χ3v) is 5.76. The predicted octanol–water partition coefficient (Wildman–Crippen LogP) is 7.03. The van der Waals surface area contributed by atoms with Gasteiger partial charge in [0, 0.05) is 0 Å². The third-order valence-electron chi connectivity index (χ3n) is 5.76. The molecule has 0 amide bonds. The van der Waals surface area contributed by atoms with Crippen LogP contribution in [0.5, 0.6) is 11.5 Å². The first-order valence-corrected chi connectivity index (χ1v) is 11.8. The minimum atomic E-state index is 0.777. The van der Waals surface area contributed by atoms with Crippen LogP contribution in [-0.2, 0) is 25.7 Å². The van der Waals surface area contributed by atoms with Crippen LogP contribution >= 0.6 is 0 Å². The standard InChI is InChI=1S/C30H30BO2/c1-3-9-25(10-4-1)13-7-15-27-17-21-29(22-18-27)32-31-33-30-23-19-28(20-24-30)16-8-14-26-11-5-2-6-12-26/h1-6,9-12,17-24H,7-8,13-16H2. The molecule has 0 bridgehead atoms. The van der Waals surface area contributed by atoms with Crippen molar-refractivity contribution in [1.29, 1.82) is 0 Å². The summed E-state index contributed by atoms with van der Waals surface area (Å²) >= 11 is 0. The lowest BCUT2D eigenvalue weighted by Gasteiger charge is -2.08. The van der Waals surface area contributed by atoms with Crippen LogP contribution in [0.25, 0.3) is 0 Å². The molecule has 0 aliphatic heterocycles. The van der Waals surface area contributed by atoms with Crippen LogP contribution < -0.4 is 9.31 Å². The maximum Gasteiger partial charge on any atom is 0.658 e. The molecule has 2 nitrogen and oxygen atoms in total. The average molecular weight is 433 g/mol. The quantitative estimate of drug-likeness (QED) is 0.223. The molecule has 0 saturated heterocycles. The zero-order valence-electron chi connectivity index (χ0n) is 19.0. The van der Waals surface area contributed by atoms with Gasteiger partial charge in [0.15, 0.2) is 0 Å². The maximum atomic E-state index is 5.64. The fourth-order valence-electron chi connectivity index (χ4n) is 3.89. The SMILES string of the molecule is [B](Oc1ccc(CCCc2ccccc2)cc1)Oc1ccc(CCCc2ccccc2)cc1. The molecule has 0 unspecified atom stereocenters. The summed E-state index contributed by atoms with van der Waals surface area (Å²) in [6, 6.07) is 37.7. The van der Waals surface area contributed by atoms with E-state index in [9.17, 15) is 0 Å². The molecule has 0 fully saturated rings. The fraction of sp³-hybridized carbons (Fsp3) is 0.200. The molecule has 0 saturated carbocycles. The summed E-state index contributed by atoms with van der Waals surface area (Å²) in [6.07, 6.45) is 6.61. The van der Waals surface area contributed by atoms with Gasteiger partial charge in [-0.05, 0) is 85.0 Å². The first kappa shape index (κ1) is 22.7. The fourth-order valence-corrected chi connectivity index (χ4v) is 3.89. The summed E-state index contributed by atoms with van der Waals surface area (Å²) in [5, 5.41) is 0. The largest absolute Gasteiger partial charge is 0.658 e. The van der Waals surface area contributed by atoms with Gasteiger partial charge < -0.3 is 9.31 Å². The van der Waals surface area contributed by atoms with Gasteiger partial charge in [-0.15, -0.1) is 0 Å². The van der Waals surface area contributed by atoms with Crippen molar-refractivity contribution in [2.75, 3.05) is 0 Å². The van der Waals surface area contributed by atoms with Crippen molar-refractivity contribution >= 4 is 7.69 Å². The van der Waals surface area contributed by atoms with Crippen LogP contribution in [0.4, 0.5) is 0 Å². The van der Waals surface area contributed by atoms with E-state index < -0.39 is 0 Å². The Morgan fingerprint density at radius 3 is 1.09 bits per heavy atom. The van der Waals surface area contributed by atoms with Crippen molar-refractivity contribution in [3.63, 3.8) is 0 Å². The summed E-state index contributed by atoms with van der Waals surface area (Å²) in [7, 11) is 1.40. The van der Waals surface area contributed by atoms with Crippen LogP contribution in [0.3, 0.4) is 0 Å². The van der Waals surface area contributed by atoms with Crippen LogP contribution in [-0.4, -0.2) is 7.69 Å². The van der Waals surface area contributed by atoms with Gasteiger partial charge >= 0.3 is 7.69 Å². The lowest BCUT2D eigenvalue weighted by Crippen LogP contribution is -2.10. The molecule has 33 heavy (non-hydrogen) atoms. The minimum Gasteiger partial charge on any atom is -0.526 e. The first-order chi connectivity index (χ1) is 16.3. The molecular weight excluding hydrogens is 403 g/mol. The topological polar surface area (TPSA) is 18.5 Å². The highest BCUT2D eigenvalue weighted by Crippen LogP contribution is 2.17. The minimum absolute atomic E-state index is 0.777. The molecule has 3 heteroatoms. The summed E-state index contributed by atoms with van der Waals surface area (Å²) in [5.41, 5.74) is 5.43. The van der Waals surface area contributed by atoms with E-state index in [2.05, 4.69) is 84.9 Å². The van der Waals surface area contributed by atoms with Gasteiger partial charge in [-0.1, -0.05) is 84.9 Å². The Morgan fingerprint density at radius 1 is 0.394 bits per heavy atom. The van der Waals surface area contributed by atoms with E-state index in [0.29, 0.717) is 0 Å². The van der Waals surface area contributed by atoms with Crippen LogP contribution in [0.15, 0.2) is 109 Å². The van der Waals surface area contributed by atoms with E-state index in [1.165, 1.54) is 29.9 Å². The second kappa shape index (κ2) is 12.5. The summed E-state index contributed by atoms with van der Waals surface area (Å²) in [4.78, 5) is 0. The predicted molar refractivity (Wildman–Crippen MR) is 137 cm³/mol. The summed E-state index contributed by atoms with van der Waals surface area (Å²) < 4.78 is 11.3. The normalized spacial score (nSPS) is 10.5. The molecule has 1 radical (unpaired) electrons. The zero-order valence-corrected chi connectivity index (χ0v) is 19.0. The lowest BCUT2D eigenvalue weighted by atomic mass is 10.0. The van der Waals surface area contributed by atoms with Gasteiger partial charge in [0.25, 0.3) is 0 Å². The highest BCUT2D eigenvalue weighted by Gasteiger charge is 2.03. The molecule has 0 aromatic heterocycles. The molecule has 4 rings (SSSR count). The lowest BCUT2D eigenvalue weighted by molar-refractivity contribution is 0.459. The van der Waals surface area contributed by atoms with E-state index in [1.807, 2.05) is 24.3 Å². The smallest absolute Gasteiger partial charge is 0.526 e. The summed E-state index contributed by atoms with van der Waals surface area (Å²) in [5.74, 6) is 1.55. The van der Waals surface area contributed by atoms with E-state index >= 15 is 0 Å². The Hall–Kier alpha value is -3.46. The molecule has 0 spiro atoms. The van der Waals surface area contributed by atoms with Crippen LogP contribution in [0.1, 0.15) is 35.1 Å². The molecule has 0 heterocycles. The van der Waals surface area contributed by atoms with Crippen LogP contribution in [0, 0.1) is 0 Å². The van der Waals surface area contributed by atoms with Crippen molar-refractivity contribution in [1.82, 2.24) is 0 Å². The Kier molecular flexibility index (Phi) is 8.64. The highest BCUT2D eigenvalue weighted by molar-refractivity contribution is 6.20. The Balaban J connectivity index is 1.13. The van der Waals surface area contributed by atoms with Crippen molar-refractivity contribution in [2.45, 2.75) is 38.5 Å². The Labute approximate surface area is 198 Å². The molecule has 0 atom stereocenters. The number of rotatable bonds is 12. The van der Waals surface area contributed by atoms with Crippen molar-refractivity contribution < 1.29 is 9.31 Å². The second-order valence-corrected chi connectivity index (χ2v) is 8.30. The van der Waals surface area contributed by atoms with Gasteiger partial charge in [0.1, 0.15) is 11.5 Å². The van der Waals surface area contributed by atoms with E-state index in [4.69, 9.17) is 9.31 Å². The Morgan fingerprint density at radius 2 is 0.727 bits per heavy atom. The molecule has 0 aliphatic carbocycles. The molecule has 165 valence electrons. The molecule has 0 aliphatic rings. The third kappa shape index (κ3) is 7.87. The van der Waals surface area contributed by atoms with Crippen LogP contribution in [0.2, 0.25) is 0 Å². The van der Waals surface area contributed by atoms with Crippen molar-refractivity contribution in [3.05, 3.63) is 131 Å². The van der Waals surface area contributed by atoms with E-state index in [0.717, 1.165) is 50.0 Å². The van der Waals surface area contributed by atoms with Gasteiger partial charge in [-0.2, -0.15) is 0 Å². The van der Waals surface area contributed by atoms with Gasteiger partial charge in [-0.3, -0.25) is 0 Å². The molecule has 4 aromatic rings. The van der Waals surface area contributed by atoms with Gasteiger partial charge in [-0.25, -0.2) is 0 Å². The van der Waals surface area contributed by atoms with Gasteiger partial charge in [0.05, 0.1) is 0 Å². The number of aryl methyl sites for hydroxylation is 4. The van der Waals surface area contributed by atoms with E-state index in [-0.39, 0.29) is 0 Å². The molecular formula is C30H30BO2.